The predicted molar refractivity (Wildman–Crippen MR) is 55.2 cm³/mol. The van der Waals surface area contributed by atoms with E-state index in [1.165, 1.54) is 11.8 Å². The molecule has 0 aromatic heterocycles. The first-order chi connectivity index (χ1) is 6.75. The summed E-state index contributed by atoms with van der Waals surface area (Å²) in [5, 5.41) is 13.8. The molecule has 1 heterocycles. The highest BCUT2D eigenvalue weighted by Gasteiger charge is 2.13. The summed E-state index contributed by atoms with van der Waals surface area (Å²) in [5.41, 5.74) is 3.31. The maximum Gasteiger partial charge on any atom is 0.250 e. The summed E-state index contributed by atoms with van der Waals surface area (Å²) in [7, 11) is 0. The second-order valence-electron chi connectivity index (χ2n) is 2.79. The average molecular weight is 208 g/mol. The fourth-order valence-electron chi connectivity index (χ4n) is 1.06. The lowest BCUT2D eigenvalue weighted by molar-refractivity contribution is -0.118. The van der Waals surface area contributed by atoms with Crippen LogP contribution < -0.4 is 5.43 Å². The molecule has 0 unspecified atom stereocenters. The molecule has 0 aliphatic carbocycles. The lowest BCUT2D eigenvalue weighted by Gasteiger charge is -2.11. The van der Waals surface area contributed by atoms with Crippen LogP contribution in [0.4, 0.5) is 0 Å². The molecule has 1 amide bonds. The van der Waals surface area contributed by atoms with Crippen molar-refractivity contribution in [3.8, 4) is 5.75 Å². The molecule has 4 nitrogen and oxygen atoms in total. The van der Waals surface area contributed by atoms with Crippen molar-refractivity contribution in [3.05, 3.63) is 29.8 Å². The Morgan fingerprint density at radius 3 is 2.64 bits per heavy atom. The maximum atomic E-state index is 10.8. The van der Waals surface area contributed by atoms with Crippen molar-refractivity contribution in [2.24, 2.45) is 5.10 Å². The molecule has 0 saturated heterocycles. The van der Waals surface area contributed by atoms with E-state index in [0.717, 1.165) is 10.6 Å². The molecule has 0 radical (unpaired) electrons. The molecule has 2 N–H and O–H groups in total. The molecule has 5 heteroatoms. The summed E-state index contributed by atoms with van der Waals surface area (Å²) in [5.74, 6) is 0.524. The first-order valence-corrected chi connectivity index (χ1v) is 5.03. The number of aromatic hydroxyl groups is 1. The van der Waals surface area contributed by atoms with Gasteiger partial charge in [-0.25, -0.2) is 5.43 Å². The van der Waals surface area contributed by atoms with E-state index in [9.17, 15) is 4.79 Å². The fraction of sp³-hybridized carbons (Fsp3) is 0.111. The summed E-state index contributed by atoms with van der Waals surface area (Å²) < 4.78 is 0. The van der Waals surface area contributed by atoms with E-state index in [1.807, 2.05) is 0 Å². The van der Waals surface area contributed by atoms with Gasteiger partial charge in [-0.3, -0.25) is 4.79 Å². The van der Waals surface area contributed by atoms with Crippen molar-refractivity contribution in [2.75, 3.05) is 5.75 Å². The molecule has 14 heavy (non-hydrogen) atoms. The number of carbonyl (C=O) groups is 1. The number of nitrogens with one attached hydrogen (secondary N) is 1. The number of thioether (sulfide) groups is 1. The number of hydrogen-bond acceptors (Lipinski definition) is 4. The van der Waals surface area contributed by atoms with Crippen LogP contribution in [0.1, 0.15) is 5.56 Å². The zero-order valence-corrected chi connectivity index (χ0v) is 8.04. The summed E-state index contributed by atoms with van der Waals surface area (Å²) in [6, 6.07) is 6.71. The van der Waals surface area contributed by atoms with Gasteiger partial charge >= 0.3 is 0 Å². The quantitative estimate of drug-likeness (QED) is 0.721. The molecular weight excluding hydrogens is 200 g/mol. The maximum absolute atomic E-state index is 10.8. The summed E-state index contributed by atoms with van der Waals surface area (Å²) in [4.78, 5) is 10.8. The second-order valence-corrected chi connectivity index (χ2v) is 3.75. The molecule has 1 aliphatic rings. The SMILES string of the molecule is O=C1CSC(c2ccc(O)cc2)=NN1. The fourth-order valence-corrected chi connectivity index (χ4v) is 1.81. The van der Waals surface area contributed by atoms with Crippen molar-refractivity contribution in [1.82, 2.24) is 5.43 Å². The van der Waals surface area contributed by atoms with E-state index in [1.54, 1.807) is 24.3 Å². The van der Waals surface area contributed by atoms with Gasteiger partial charge in [-0.15, -0.1) is 0 Å². The Hall–Kier alpha value is -1.49. The van der Waals surface area contributed by atoms with Gasteiger partial charge in [0.15, 0.2) is 0 Å². The van der Waals surface area contributed by atoms with Crippen molar-refractivity contribution < 1.29 is 9.90 Å². The van der Waals surface area contributed by atoms with Crippen LogP contribution in [-0.2, 0) is 4.79 Å². The number of hydrazone groups is 1. The van der Waals surface area contributed by atoms with Gasteiger partial charge in [-0.1, -0.05) is 11.8 Å². The number of rotatable bonds is 1. The minimum Gasteiger partial charge on any atom is -0.508 e. The van der Waals surface area contributed by atoms with E-state index >= 15 is 0 Å². The number of phenolic OH excluding ortho intramolecular Hbond substituents is 1. The van der Waals surface area contributed by atoms with Gasteiger partial charge in [-0.05, 0) is 24.3 Å². The molecular formula is C9H8N2O2S. The van der Waals surface area contributed by atoms with Gasteiger partial charge in [0.2, 0.25) is 0 Å². The number of carbonyl (C=O) groups excluding carboxylic acids is 1. The van der Waals surface area contributed by atoms with Crippen LogP contribution in [0, 0.1) is 0 Å². The molecule has 2 rings (SSSR count). The van der Waals surface area contributed by atoms with Gasteiger partial charge in [-0.2, -0.15) is 5.10 Å². The predicted octanol–water partition coefficient (Wildman–Crippen LogP) is 0.917. The van der Waals surface area contributed by atoms with Crippen molar-refractivity contribution in [1.29, 1.82) is 0 Å². The van der Waals surface area contributed by atoms with Crippen LogP contribution in [0.2, 0.25) is 0 Å². The van der Waals surface area contributed by atoms with Crippen molar-refractivity contribution >= 4 is 22.7 Å². The molecule has 72 valence electrons. The van der Waals surface area contributed by atoms with Crippen LogP contribution in [0.3, 0.4) is 0 Å². The largest absolute Gasteiger partial charge is 0.508 e. The Balaban J connectivity index is 2.23. The van der Waals surface area contributed by atoms with E-state index in [2.05, 4.69) is 10.5 Å². The number of amides is 1. The number of phenols is 1. The van der Waals surface area contributed by atoms with E-state index in [4.69, 9.17) is 5.11 Å². The second kappa shape index (κ2) is 3.71. The molecule has 1 aliphatic heterocycles. The van der Waals surface area contributed by atoms with E-state index < -0.39 is 0 Å². The van der Waals surface area contributed by atoms with Crippen LogP contribution in [0.15, 0.2) is 29.4 Å². The minimum absolute atomic E-state index is 0.0856. The molecule has 0 bridgehead atoms. The number of benzene rings is 1. The van der Waals surface area contributed by atoms with Crippen LogP contribution in [0.5, 0.6) is 5.75 Å². The third-order valence-electron chi connectivity index (χ3n) is 1.74. The van der Waals surface area contributed by atoms with E-state index in [0.29, 0.717) is 5.75 Å². The topological polar surface area (TPSA) is 61.7 Å². The lowest BCUT2D eigenvalue weighted by atomic mass is 10.2. The Kier molecular flexibility index (Phi) is 2.41. The lowest BCUT2D eigenvalue weighted by Crippen LogP contribution is -2.26. The highest BCUT2D eigenvalue weighted by atomic mass is 32.2. The molecule has 0 saturated carbocycles. The van der Waals surface area contributed by atoms with Crippen molar-refractivity contribution in [2.45, 2.75) is 0 Å². The van der Waals surface area contributed by atoms with Gasteiger partial charge < -0.3 is 5.11 Å². The third-order valence-corrected chi connectivity index (χ3v) is 2.74. The zero-order chi connectivity index (χ0) is 9.97. The highest BCUT2D eigenvalue weighted by molar-refractivity contribution is 8.15. The molecule has 0 atom stereocenters. The minimum atomic E-state index is -0.0856. The average Bonchev–Trinajstić information content (AvgIpc) is 2.21. The summed E-state index contributed by atoms with van der Waals surface area (Å²) >= 11 is 1.39. The summed E-state index contributed by atoms with van der Waals surface area (Å²) in [6.07, 6.45) is 0. The van der Waals surface area contributed by atoms with Crippen LogP contribution in [-0.4, -0.2) is 21.8 Å². The molecule has 1 aromatic rings. The van der Waals surface area contributed by atoms with Crippen LogP contribution >= 0.6 is 11.8 Å². The molecule has 0 spiro atoms. The molecule has 1 aromatic carbocycles. The monoisotopic (exact) mass is 208 g/mol. The van der Waals surface area contributed by atoms with E-state index in [-0.39, 0.29) is 11.7 Å². The first kappa shape index (κ1) is 9.08. The first-order valence-electron chi connectivity index (χ1n) is 4.04. The van der Waals surface area contributed by atoms with Gasteiger partial charge in [0.25, 0.3) is 5.91 Å². The third kappa shape index (κ3) is 1.88. The normalized spacial score (nSPS) is 16.0. The van der Waals surface area contributed by atoms with Gasteiger partial charge in [0, 0.05) is 5.56 Å². The standard InChI is InChI=1S/C9H8N2O2S/c12-7-3-1-6(2-4-7)9-11-10-8(13)5-14-9/h1-4,12H,5H2,(H,10,13). The Bertz CT molecular complexity index is 386. The van der Waals surface area contributed by atoms with Crippen molar-refractivity contribution in [3.63, 3.8) is 0 Å². The molecule has 0 fully saturated rings. The number of hydrogen-bond donors (Lipinski definition) is 2. The summed E-state index contributed by atoms with van der Waals surface area (Å²) in [6.45, 7) is 0. The Morgan fingerprint density at radius 1 is 1.36 bits per heavy atom. The smallest absolute Gasteiger partial charge is 0.250 e. The van der Waals surface area contributed by atoms with Gasteiger partial charge in [0.1, 0.15) is 10.8 Å². The van der Waals surface area contributed by atoms with Crippen LogP contribution in [0.25, 0.3) is 0 Å². The van der Waals surface area contributed by atoms with Gasteiger partial charge in [0.05, 0.1) is 5.75 Å². The number of nitrogens with zero attached hydrogens (tertiary/aromatic N) is 1. The highest BCUT2D eigenvalue weighted by Crippen LogP contribution is 2.18. The Morgan fingerprint density at radius 2 is 2.07 bits per heavy atom. The zero-order valence-electron chi connectivity index (χ0n) is 7.23. The Labute approximate surface area is 85.0 Å².